The number of nitrogens with zero attached hydrogens (tertiary/aromatic N) is 3. The highest BCUT2D eigenvalue weighted by molar-refractivity contribution is 5.91. The van der Waals surface area contributed by atoms with Crippen molar-refractivity contribution in [3.8, 4) is 0 Å². The second kappa shape index (κ2) is 5.74. The molecule has 1 aliphatic heterocycles. The molecule has 6 nitrogen and oxygen atoms in total. The second-order valence-corrected chi connectivity index (χ2v) is 6.68. The standard InChI is InChI=1S/C16H24N4O2/c1-12(21)18-16(2,13-6-7-13)15(22)20-10-3-5-14(20)11-19-9-4-8-17-19/h4,8-9,13-14H,3,5-7,10-11H2,1-2H3,(H,18,21)/t14-,16-/m0/s1. The van der Waals surface area contributed by atoms with Gasteiger partial charge in [-0.05, 0) is 44.6 Å². The van der Waals surface area contributed by atoms with Gasteiger partial charge in [0.15, 0.2) is 0 Å². The fourth-order valence-electron chi connectivity index (χ4n) is 3.57. The number of rotatable bonds is 5. The Hall–Kier alpha value is -1.85. The van der Waals surface area contributed by atoms with Crippen LogP contribution in [0.15, 0.2) is 18.5 Å². The zero-order valence-corrected chi connectivity index (χ0v) is 13.3. The highest BCUT2D eigenvalue weighted by Gasteiger charge is 2.51. The van der Waals surface area contributed by atoms with Crippen LogP contribution in [0.2, 0.25) is 0 Å². The molecule has 1 N–H and O–H groups in total. The van der Waals surface area contributed by atoms with Crippen molar-refractivity contribution in [3.05, 3.63) is 18.5 Å². The topological polar surface area (TPSA) is 67.2 Å². The Labute approximate surface area is 130 Å². The summed E-state index contributed by atoms with van der Waals surface area (Å²) in [5.74, 6) is 0.209. The Kier molecular flexibility index (Phi) is 3.93. The molecule has 120 valence electrons. The van der Waals surface area contributed by atoms with Crippen LogP contribution in [0.1, 0.15) is 39.5 Å². The van der Waals surface area contributed by atoms with Crippen LogP contribution in [0.4, 0.5) is 0 Å². The second-order valence-electron chi connectivity index (χ2n) is 6.68. The maximum atomic E-state index is 13.1. The number of hydrogen-bond acceptors (Lipinski definition) is 3. The first-order valence-electron chi connectivity index (χ1n) is 8.08. The molecule has 1 saturated heterocycles. The van der Waals surface area contributed by atoms with Crippen molar-refractivity contribution < 1.29 is 9.59 Å². The lowest BCUT2D eigenvalue weighted by Gasteiger charge is -2.36. The zero-order chi connectivity index (χ0) is 15.7. The molecule has 3 rings (SSSR count). The minimum atomic E-state index is -0.751. The number of aromatic nitrogens is 2. The number of likely N-dealkylation sites (tertiary alicyclic amines) is 1. The van der Waals surface area contributed by atoms with Gasteiger partial charge in [0.25, 0.3) is 0 Å². The van der Waals surface area contributed by atoms with Gasteiger partial charge < -0.3 is 10.2 Å². The molecule has 2 amide bonds. The smallest absolute Gasteiger partial charge is 0.248 e. The Morgan fingerprint density at radius 2 is 2.14 bits per heavy atom. The van der Waals surface area contributed by atoms with Gasteiger partial charge in [-0.25, -0.2) is 0 Å². The van der Waals surface area contributed by atoms with Gasteiger partial charge in [0.05, 0.1) is 12.6 Å². The first kappa shape index (κ1) is 15.1. The quantitative estimate of drug-likeness (QED) is 0.888. The van der Waals surface area contributed by atoms with Gasteiger partial charge in [0.1, 0.15) is 5.54 Å². The molecule has 2 fully saturated rings. The van der Waals surface area contributed by atoms with Gasteiger partial charge >= 0.3 is 0 Å². The van der Waals surface area contributed by atoms with Crippen LogP contribution in [-0.2, 0) is 16.1 Å². The summed E-state index contributed by atoms with van der Waals surface area (Å²) < 4.78 is 1.88. The first-order valence-corrected chi connectivity index (χ1v) is 8.08. The Morgan fingerprint density at radius 1 is 1.36 bits per heavy atom. The van der Waals surface area contributed by atoms with E-state index in [1.165, 1.54) is 6.92 Å². The summed E-state index contributed by atoms with van der Waals surface area (Å²) in [4.78, 5) is 26.6. The molecule has 2 atom stereocenters. The highest BCUT2D eigenvalue weighted by atomic mass is 16.2. The summed E-state index contributed by atoms with van der Waals surface area (Å²) >= 11 is 0. The summed E-state index contributed by atoms with van der Waals surface area (Å²) in [7, 11) is 0. The van der Waals surface area contributed by atoms with Crippen molar-refractivity contribution in [3.63, 3.8) is 0 Å². The molecule has 2 heterocycles. The number of carbonyl (C=O) groups excluding carboxylic acids is 2. The molecule has 6 heteroatoms. The number of nitrogens with one attached hydrogen (secondary N) is 1. The van der Waals surface area contributed by atoms with Gasteiger partial charge in [-0.2, -0.15) is 5.10 Å². The minimum absolute atomic E-state index is 0.0693. The molecule has 1 aromatic heterocycles. The fourth-order valence-corrected chi connectivity index (χ4v) is 3.57. The Bertz CT molecular complexity index is 553. The summed E-state index contributed by atoms with van der Waals surface area (Å²) in [6.45, 7) is 4.86. The lowest BCUT2D eigenvalue weighted by molar-refractivity contribution is -0.142. The average molecular weight is 304 g/mol. The first-order chi connectivity index (χ1) is 10.5. The van der Waals surface area contributed by atoms with E-state index in [1.807, 2.05) is 28.8 Å². The molecule has 0 radical (unpaired) electrons. The Balaban J connectivity index is 1.75. The van der Waals surface area contributed by atoms with Gasteiger partial charge in [0.2, 0.25) is 11.8 Å². The number of hydrogen-bond donors (Lipinski definition) is 1. The van der Waals surface area contributed by atoms with Crippen LogP contribution in [-0.4, -0.2) is 44.6 Å². The molecule has 0 unspecified atom stereocenters. The molecule has 1 aromatic rings. The van der Waals surface area contributed by atoms with Gasteiger partial charge in [0, 0.05) is 25.9 Å². The summed E-state index contributed by atoms with van der Waals surface area (Å²) in [5.41, 5.74) is -0.751. The van der Waals surface area contributed by atoms with Crippen molar-refractivity contribution in [2.45, 2.75) is 57.7 Å². The summed E-state index contributed by atoms with van der Waals surface area (Å²) in [5, 5.41) is 7.16. The van der Waals surface area contributed by atoms with E-state index >= 15 is 0 Å². The van der Waals surface area contributed by atoms with Gasteiger partial charge in [-0.3, -0.25) is 14.3 Å². The van der Waals surface area contributed by atoms with E-state index in [-0.39, 0.29) is 23.8 Å². The molecular formula is C16H24N4O2. The lowest BCUT2D eigenvalue weighted by atomic mass is 9.93. The largest absolute Gasteiger partial charge is 0.342 e. The van der Waals surface area contributed by atoms with Crippen molar-refractivity contribution >= 4 is 11.8 Å². The van der Waals surface area contributed by atoms with Crippen molar-refractivity contribution in [1.82, 2.24) is 20.0 Å². The van der Waals surface area contributed by atoms with E-state index in [9.17, 15) is 9.59 Å². The average Bonchev–Trinajstić information content (AvgIpc) is 3.03. The SMILES string of the molecule is CC(=O)N[C@](C)(C(=O)N1CCC[C@H]1Cn1cccn1)C1CC1. The molecule has 0 aromatic carbocycles. The maximum Gasteiger partial charge on any atom is 0.248 e. The molecule has 22 heavy (non-hydrogen) atoms. The molecule has 0 bridgehead atoms. The van der Waals surface area contributed by atoms with Crippen LogP contribution in [0.3, 0.4) is 0 Å². The van der Waals surface area contributed by atoms with E-state index in [0.29, 0.717) is 0 Å². The van der Waals surface area contributed by atoms with E-state index in [4.69, 9.17) is 0 Å². The third-order valence-electron chi connectivity index (χ3n) is 4.87. The van der Waals surface area contributed by atoms with Crippen LogP contribution in [0.5, 0.6) is 0 Å². The van der Waals surface area contributed by atoms with Crippen molar-refractivity contribution in [2.75, 3.05) is 6.54 Å². The molecule has 1 aliphatic carbocycles. The predicted octanol–water partition coefficient (Wildman–Crippen LogP) is 1.18. The monoisotopic (exact) mass is 304 g/mol. The summed E-state index contributed by atoms with van der Waals surface area (Å²) in [6.07, 6.45) is 7.72. The maximum absolute atomic E-state index is 13.1. The molecule has 2 aliphatic rings. The number of amides is 2. The van der Waals surface area contributed by atoms with E-state index < -0.39 is 5.54 Å². The van der Waals surface area contributed by atoms with E-state index in [0.717, 1.165) is 38.8 Å². The van der Waals surface area contributed by atoms with Crippen LogP contribution in [0.25, 0.3) is 0 Å². The normalized spacial score (nSPS) is 24.1. The van der Waals surface area contributed by atoms with Crippen molar-refractivity contribution in [1.29, 1.82) is 0 Å². The molecule has 1 saturated carbocycles. The Morgan fingerprint density at radius 3 is 2.73 bits per heavy atom. The van der Waals surface area contributed by atoms with Crippen LogP contribution in [0, 0.1) is 5.92 Å². The van der Waals surface area contributed by atoms with Crippen LogP contribution >= 0.6 is 0 Å². The fraction of sp³-hybridized carbons (Fsp3) is 0.688. The summed E-state index contributed by atoms with van der Waals surface area (Å²) in [6, 6.07) is 2.06. The van der Waals surface area contributed by atoms with Gasteiger partial charge in [-0.1, -0.05) is 0 Å². The third kappa shape index (κ3) is 2.87. The predicted molar refractivity (Wildman–Crippen MR) is 81.9 cm³/mol. The minimum Gasteiger partial charge on any atom is -0.342 e. The number of carbonyl (C=O) groups is 2. The van der Waals surface area contributed by atoms with Crippen LogP contribution < -0.4 is 5.32 Å². The van der Waals surface area contributed by atoms with Crippen molar-refractivity contribution in [2.24, 2.45) is 5.92 Å². The third-order valence-corrected chi connectivity index (χ3v) is 4.87. The molecular weight excluding hydrogens is 280 g/mol. The van der Waals surface area contributed by atoms with Gasteiger partial charge in [-0.15, -0.1) is 0 Å². The highest BCUT2D eigenvalue weighted by Crippen LogP contribution is 2.41. The van der Waals surface area contributed by atoms with E-state index in [2.05, 4.69) is 10.4 Å². The molecule has 0 spiro atoms. The lowest BCUT2D eigenvalue weighted by Crippen LogP contribution is -2.60. The van der Waals surface area contributed by atoms with E-state index in [1.54, 1.807) is 6.20 Å². The zero-order valence-electron chi connectivity index (χ0n) is 13.3.